The highest BCUT2D eigenvalue weighted by Gasteiger charge is 2.19. The van der Waals surface area contributed by atoms with Gasteiger partial charge in [-0.15, -0.1) is 0 Å². The van der Waals surface area contributed by atoms with Crippen LogP contribution in [0.5, 0.6) is 11.5 Å². The Morgan fingerprint density at radius 3 is 2.63 bits per heavy atom. The first-order valence-corrected chi connectivity index (χ1v) is 9.70. The van der Waals surface area contributed by atoms with E-state index in [1.54, 1.807) is 21.3 Å². The second kappa shape index (κ2) is 11.7. The fourth-order valence-electron chi connectivity index (χ4n) is 3.21. The van der Waals surface area contributed by atoms with Crippen molar-refractivity contribution in [3.63, 3.8) is 0 Å². The number of hydrogen-bond acceptors (Lipinski definition) is 5. The molecular weight excluding hydrogens is 344 g/mol. The van der Waals surface area contributed by atoms with Crippen LogP contribution < -0.4 is 20.1 Å². The number of ether oxygens (including phenoxy) is 3. The Hall–Kier alpha value is -1.99. The first kappa shape index (κ1) is 21.3. The third kappa shape index (κ3) is 6.92. The van der Waals surface area contributed by atoms with E-state index in [0.29, 0.717) is 12.5 Å². The van der Waals surface area contributed by atoms with E-state index >= 15 is 0 Å². The van der Waals surface area contributed by atoms with E-state index in [2.05, 4.69) is 20.5 Å². The summed E-state index contributed by atoms with van der Waals surface area (Å²) in [6, 6.07) is 5.79. The number of nitrogens with one attached hydrogen (secondary N) is 2. The fourth-order valence-corrected chi connectivity index (χ4v) is 3.21. The maximum absolute atomic E-state index is 5.64. The van der Waals surface area contributed by atoms with Crippen LogP contribution in [0.1, 0.15) is 19.8 Å². The zero-order valence-corrected chi connectivity index (χ0v) is 17.1. The van der Waals surface area contributed by atoms with Gasteiger partial charge >= 0.3 is 0 Å². The second-order valence-electron chi connectivity index (χ2n) is 6.65. The highest BCUT2D eigenvalue weighted by molar-refractivity contribution is 5.93. The van der Waals surface area contributed by atoms with E-state index in [4.69, 9.17) is 14.2 Å². The fraction of sp³-hybridized carbons (Fsp3) is 0.650. The SMILES string of the molecule is CCOc1cc(NC(=NC)NCC2CCN(CCOC)CC2)ccc1OC. The summed E-state index contributed by atoms with van der Waals surface area (Å²) >= 11 is 0. The summed E-state index contributed by atoms with van der Waals surface area (Å²) in [5.41, 5.74) is 0.918. The third-order valence-corrected chi connectivity index (χ3v) is 4.83. The van der Waals surface area contributed by atoms with Crippen LogP contribution in [0.25, 0.3) is 0 Å². The van der Waals surface area contributed by atoms with Gasteiger partial charge in [-0.05, 0) is 50.9 Å². The lowest BCUT2D eigenvalue weighted by atomic mass is 9.97. The number of anilines is 1. The molecule has 1 aromatic carbocycles. The molecule has 27 heavy (non-hydrogen) atoms. The zero-order chi connectivity index (χ0) is 19.5. The quantitative estimate of drug-likeness (QED) is 0.508. The van der Waals surface area contributed by atoms with Crippen molar-refractivity contribution in [3.8, 4) is 11.5 Å². The molecule has 0 unspecified atom stereocenters. The van der Waals surface area contributed by atoms with Crippen molar-refractivity contribution in [1.29, 1.82) is 0 Å². The Bertz CT molecular complexity index is 587. The van der Waals surface area contributed by atoms with Crippen molar-refractivity contribution in [2.75, 3.05) is 66.0 Å². The molecule has 1 fully saturated rings. The van der Waals surface area contributed by atoms with E-state index in [1.165, 1.54) is 12.8 Å². The Kier molecular flexibility index (Phi) is 9.21. The van der Waals surface area contributed by atoms with E-state index in [1.807, 2.05) is 25.1 Å². The summed E-state index contributed by atoms with van der Waals surface area (Å²) < 4.78 is 16.1. The molecule has 1 saturated heterocycles. The molecule has 0 aliphatic carbocycles. The van der Waals surface area contributed by atoms with Crippen molar-refractivity contribution in [3.05, 3.63) is 18.2 Å². The highest BCUT2D eigenvalue weighted by Crippen LogP contribution is 2.30. The normalized spacial score (nSPS) is 16.2. The van der Waals surface area contributed by atoms with Crippen LogP contribution in [0.4, 0.5) is 5.69 Å². The minimum Gasteiger partial charge on any atom is -0.493 e. The summed E-state index contributed by atoms with van der Waals surface area (Å²) in [5.74, 6) is 2.89. The van der Waals surface area contributed by atoms with Crippen molar-refractivity contribution >= 4 is 11.6 Å². The van der Waals surface area contributed by atoms with Crippen LogP contribution in [0.15, 0.2) is 23.2 Å². The number of guanidine groups is 1. The topological polar surface area (TPSA) is 67.4 Å². The Morgan fingerprint density at radius 1 is 1.22 bits per heavy atom. The average Bonchev–Trinajstić information content (AvgIpc) is 2.70. The average molecular weight is 379 g/mol. The first-order chi connectivity index (χ1) is 13.2. The van der Waals surface area contributed by atoms with Crippen LogP contribution >= 0.6 is 0 Å². The molecule has 0 spiro atoms. The molecule has 7 heteroatoms. The van der Waals surface area contributed by atoms with E-state index in [0.717, 1.165) is 55.9 Å². The molecule has 0 radical (unpaired) electrons. The summed E-state index contributed by atoms with van der Waals surface area (Å²) in [7, 11) is 5.19. The lowest BCUT2D eigenvalue weighted by Gasteiger charge is -2.32. The van der Waals surface area contributed by atoms with Gasteiger partial charge in [0, 0.05) is 39.0 Å². The van der Waals surface area contributed by atoms with Gasteiger partial charge in [0.2, 0.25) is 0 Å². The summed E-state index contributed by atoms with van der Waals surface area (Å²) in [4.78, 5) is 6.81. The molecule has 7 nitrogen and oxygen atoms in total. The maximum Gasteiger partial charge on any atom is 0.195 e. The van der Waals surface area contributed by atoms with Gasteiger partial charge in [0.1, 0.15) is 0 Å². The van der Waals surface area contributed by atoms with Gasteiger partial charge in [-0.2, -0.15) is 0 Å². The lowest BCUT2D eigenvalue weighted by Crippen LogP contribution is -2.41. The van der Waals surface area contributed by atoms with Crippen molar-refractivity contribution in [1.82, 2.24) is 10.2 Å². The number of piperidine rings is 1. The van der Waals surface area contributed by atoms with Crippen LogP contribution in [0, 0.1) is 5.92 Å². The number of hydrogen-bond donors (Lipinski definition) is 2. The van der Waals surface area contributed by atoms with Crippen molar-refractivity contribution < 1.29 is 14.2 Å². The predicted molar refractivity (Wildman–Crippen MR) is 110 cm³/mol. The summed E-state index contributed by atoms with van der Waals surface area (Å²) in [5, 5.41) is 6.78. The van der Waals surface area contributed by atoms with Gasteiger partial charge in [0.25, 0.3) is 0 Å². The molecule has 1 aromatic rings. The first-order valence-electron chi connectivity index (χ1n) is 9.70. The number of likely N-dealkylation sites (tertiary alicyclic amines) is 1. The predicted octanol–water partition coefficient (Wildman–Crippen LogP) is 2.44. The Morgan fingerprint density at radius 2 is 2.00 bits per heavy atom. The number of methoxy groups -OCH3 is 2. The van der Waals surface area contributed by atoms with Crippen LogP contribution in [-0.2, 0) is 4.74 Å². The monoisotopic (exact) mass is 378 g/mol. The van der Waals surface area contributed by atoms with Crippen LogP contribution in [-0.4, -0.2) is 71.5 Å². The van der Waals surface area contributed by atoms with Gasteiger partial charge in [-0.3, -0.25) is 4.99 Å². The molecular formula is C20H34N4O3. The summed E-state index contributed by atoms with van der Waals surface area (Å²) in [6.07, 6.45) is 2.40. The van der Waals surface area contributed by atoms with Crippen molar-refractivity contribution in [2.24, 2.45) is 10.9 Å². The van der Waals surface area contributed by atoms with Crippen molar-refractivity contribution in [2.45, 2.75) is 19.8 Å². The highest BCUT2D eigenvalue weighted by atomic mass is 16.5. The van der Waals surface area contributed by atoms with Gasteiger partial charge in [0.15, 0.2) is 17.5 Å². The lowest BCUT2D eigenvalue weighted by molar-refractivity contribution is 0.121. The van der Waals surface area contributed by atoms with E-state index < -0.39 is 0 Å². The minimum absolute atomic E-state index is 0.593. The Balaban J connectivity index is 1.82. The number of benzene rings is 1. The Labute approximate surface area is 163 Å². The van der Waals surface area contributed by atoms with Gasteiger partial charge in [0.05, 0.1) is 20.3 Å². The van der Waals surface area contributed by atoms with Gasteiger partial charge in [-0.25, -0.2) is 0 Å². The summed E-state index contributed by atoms with van der Waals surface area (Å²) in [6.45, 7) is 7.59. The molecule has 1 aliphatic heterocycles. The molecule has 0 amide bonds. The molecule has 2 rings (SSSR count). The van der Waals surface area contributed by atoms with Crippen LogP contribution in [0.2, 0.25) is 0 Å². The third-order valence-electron chi connectivity index (χ3n) is 4.83. The molecule has 2 N–H and O–H groups in total. The largest absolute Gasteiger partial charge is 0.493 e. The number of nitrogens with zero attached hydrogens (tertiary/aromatic N) is 2. The minimum atomic E-state index is 0.593. The molecule has 0 aromatic heterocycles. The van der Waals surface area contributed by atoms with Gasteiger partial charge in [-0.1, -0.05) is 0 Å². The molecule has 0 bridgehead atoms. The number of aliphatic imine (C=N–C) groups is 1. The smallest absolute Gasteiger partial charge is 0.195 e. The second-order valence-corrected chi connectivity index (χ2v) is 6.65. The van der Waals surface area contributed by atoms with Crippen LogP contribution in [0.3, 0.4) is 0 Å². The molecule has 0 saturated carbocycles. The maximum atomic E-state index is 5.64. The number of rotatable bonds is 9. The zero-order valence-electron chi connectivity index (χ0n) is 17.1. The van der Waals surface area contributed by atoms with E-state index in [-0.39, 0.29) is 0 Å². The molecule has 152 valence electrons. The van der Waals surface area contributed by atoms with E-state index in [9.17, 15) is 0 Å². The molecule has 1 heterocycles. The molecule has 0 atom stereocenters. The standard InChI is InChI=1S/C20H34N4O3/c1-5-27-19-14-17(6-7-18(19)26-4)23-20(21-2)22-15-16-8-10-24(11-9-16)12-13-25-3/h6-7,14,16H,5,8-13,15H2,1-4H3,(H2,21,22,23). The van der Waals surface area contributed by atoms with Gasteiger partial charge < -0.3 is 29.7 Å². The molecule has 1 aliphatic rings.